The van der Waals surface area contributed by atoms with Crippen LogP contribution in [0.15, 0.2) is 24.3 Å². The van der Waals surface area contributed by atoms with Crippen LogP contribution < -0.4 is 0 Å². The molecule has 0 amide bonds. The molecule has 0 N–H and O–H groups in total. The van der Waals surface area contributed by atoms with Crippen LogP contribution in [0, 0.1) is 0 Å². The summed E-state index contributed by atoms with van der Waals surface area (Å²) in [6.07, 6.45) is -1.24. The van der Waals surface area contributed by atoms with Gasteiger partial charge in [0.2, 0.25) is 0 Å². The summed E-state index contributed by atoms with van der Waals surface area (Å²) >= 11 is 1.63. The smallest absolute Gasteiger partial charge is 0.298 e. The maximum absolute atomic E-state index is 12.6. The Kier molecular flexibility index (Phi) is 4.55. The van der Waals surface area contributed by atoms with Gasteiger partial charge in [0.25, 0.3) is 0 Å². The first-order chi connectivity index (χ1) is 8.97. The van der Waals surface area contributed by atoms with E-state index in [1.165, 1.54) is 6.07 Å². The summed E-state index contributed by atoms with van der Waals surface area (Å²) in [5.41, 5.74) is -0.236. The Hall–Kier alpha value is -0.970. The summed E-state index contributed by atoms with van der Waals surface area (Å²) in [6.45, 7) is 0. The van der Waals surface area contributed by atoms with Gasteiger partial charge in [0.15, 0.2) is 0 Å². The van der Waals surface area contributed by atoms with E-state index in [0.717, 1.165) is 37.1 Å². The first kappa shape index (κ1) is 14.4. The van der Waals surface area contributed by atoms with Gasteiger partial charge in [-0.2, -0.15) is 24.9 Å². The zero-order valence-electron chi connectivity index (χ0n) is 10.4. The highest BCUT2D eigenvalue weighted by molar-refractivity contribution is 8.00. The minimum absolute atomic E-state index is 0.0386. The van der Waals surface area contributed by atoms with E-state index in [4.69, 9.17) is 0 Å². The zero-order chi connectivity index (χ0) is 13.9. The normalized spacial score (nSPS) is 20.3. The second-order valence-electron chi connectivity index (χ2n) is 4.70. The maximum Gasteiger partial charge on any atom is 0.416 e. The van der Waals surface area contributed by atoms with Crippen LogP contribution in [0.25, 0.3) is 0 Å². The number of ketones is 1. The van der Waals surface area contributed by atoms with Gasteiger partial charge in [0, 0.05) is 6.42 Å². The predicted molar refractivity (Wildman–Crippen MR) is 70.3 cm³/mol. The standard InChI is InChI=1S/C14H15F3OS/c15-14(16,17)11-5-3-4-10(8-11)9-12(18)13-6-1-2-7-19-13/h3-5,8,13H,1-2,6-7,9H2. The summed E-state index contributed by atoms with van der Waals surface area (Å²) in [5, 5.41) is -0.0386. The van der Waals surface area contributed by atoms with Crippen molar-refractivity contribution in [3.63, 3.8) is 0 Å². The van der Waals surface area contributed by atoms with Crippen molar-refractivity contribution in [1.29, 1.82) is 0 Å². The van der Waals surface area contributed by atoms with Gasteiger partial charge in [-0.1, -0.05) is 24.6 Å². The number of thioether (sulfide) groups is 1. The fourth-order valence-electron chi connectivity index (χ4n) is 2.17. The van der Waals surface area contributed by atoms with E-state index in [1.54, 1.807) is 17.8 Å². The van der Waals surface area contributed by atoms with Crippen LogP contribution in [-0.4, -0.2) is 16.8 Å². The van der Waals surface area contributed by atoms with E-state index in [-0.39, 0.29) is 17.5 Å². The highest BCUT2D eigenvalue weighted by atomic mass is 32.2. The van der Waals surface area contributed by atoms with Crippen molar-refractivity contribution < 1.29 is 18.0 Å². The number of benzene rings is 1. The Bertz CT molecular complexity index is 450. The number of carbonyl (C=O) groups excluding carboxylic acids is 1. The average molecular weight is 288 g/mol. The molecular weight excluding hydrogens is 273 g/mol. The quantitative estimate of drug-likeness (QED) is 0.833. The predicted octanol–water partition coefficient (Wildman–Crippen LogP) is 4.10. The van der Waals surface area contributed by atoms with Crippen molar-refractivity contribution in [2.24, 2.45) is 0 Å². The van der Waals surface area contributed by atoms with Crippen LogP contribution in [-0.2, 0) is 17.4 Å². The van der Waals surface area contributed by atoms with Crippen molar-refractivity contribution >= 4 is 17.5 Å². The molecule has 1 aliphatic heterocycles. The van der Waals surface area contributed by atoms with Crippen molar-refractivity contribution in [1.82, 2.24) is 0 Å². The lowest BCUT2D eigenvalue weighted by atomic mass is 10.0. The van der Waals surface area contributed by atoms with E-state index in [1.807, 2.05) is 0 Å². The zero-order valence-corrected chi connectivity index (χ0v) is 11.2. The molecule has 1 nitrogen and oxygen atoms in total. The van der Waals surface area contributed by atoms with Crippen molar-refractivity contribution in [2.45, 2.75) is 37.1 Å². The van der Waals surface area contributed by atoms with Crippen LogP contribution in [0.1, 0.15) is 30.4 Å². The molecule has 0 radical (unpaired) electrons. The molecule has 0 saturated carbocycles. The first-order valence-corrected chi connectivity index (χ1v) is 7.32. The van der Waals surface area contributed by atoms with Gasteiger partial charge in [-0.3, -0.25) is 4.79 Å². The minimum atomic E-state index is -4.35. The number of rotatable bonds is 3. The Balaban J connectivity index is 2.04. The van der Waals surface area contributed by atoms with Crippen LogP contribution in [0.5, 0.6) is 0 Å². The van der Waals surface area contributed by atoms with Crippen molar-refractivity contribution in [3.8, 4) is 0 Å². The monoisotopic (exact) mass is 288 g/mol. The maximum atomic E-state index is 12.6. The van der Waals surface area contributed by atoms with E-state index in [0.29, 0.717) is 5.56 Å². The number of hydrogen-bond donors (Lipinski definition) is 0. The second-order valence-corrected chi connectivity index (χ2v) is 6.01. The summed E-state index contributed by atoms with van der Waals surface area (Å²) < 4.78 is 37.7. The van der Waals surface area contributed by atoms with E-state index in [2.05, 4.69) is 0 Å². The van der Waals surface area contributed by atoms with Gasteiger partial charge in [0.1, 0.15) is 5.78 Å². The van der Waals surface area contributed by atoms with Gasteiger partial charge in [0.05, 0.1) is 10.8 Å². The molecule has 0 bridgehead atoms. The molecule has 1 aliphatic rings. The number of hydrogen-bond acceptors (Lipinski definition) is 2. The molecular formula is C14H15F3OS. The van der Waals surface area contributed by atoms with Gasteiger partial charge in [-0.25, -0.2) is 0 Å². The van der Waals surface area contributed by atoms with Crippen molar-refractivity contribution in [3.05, 3.63) is 35.4 Å². The van der Waals surface area contributed by atoms with Crippen molar-refractivity contribution in [2.75, 3.05) is 5.75 Å². The molecule has 0 aromatic heterocycles. The first-order valence-electron chi connectivity index (χ1n) is 6.27. The Morgan fingerprint density at radius 1 is 1.32 bits per heavy atom. The Morgan fingerprint density at radius 2 is 2.11 bits per heavy atom. The second kappa shape index (κ2) is 5.99. The average Bonchev–Trinajstić information content (AvgIpc) is 2.39. The summed E-state index contributed by atoms with van der Waals surface area (Å²) in [6, 6.07) is 5.05. The molecule has 1 fully saturated rings. The molecule has 0 spiro atoms. The van der Waals surface area contributed by atoms with E-state index < -0.39 is 11.7 Å². The third kappa shape index (κ3) is 4.00. The van der Waals surface area contributed by atoms with Gasteiger partial charge < -0.3 is 0 Å². The molecule has 19 heavy (non-hydrogen) atoms. The van der Waals surface area contributed by atoms with E-state index >= 15 is 0 Å². The van der Waals surface area contributed by atoms with Gasteiger partial charge in [-0.05, 0) is 30.2 Å². The molecule has 1 atom stereocenters. The lowest BCUT2D eigenvalue weighted by molar-refractivity contribution is -0.137. The molecule has 1 aromatic carbocycles. The summed E-state index contributed by atoms with van der Waals surface area (Å²) in [5.74, 6) is 1.02. The highest BCUT2D eigenvalue weighted by Crippen LogP contribution is 2.30. The molecule has 1 unspecified atom stereocenters. The SMILES string of the molecule is O=C(Cc1cccc(C(F)(F)F)c1)C1CCCCS1. The Morgan fingerprint density at radius 3 is 2.74 bits per heavy atom. The molecule has 104 valence electrons. The van der Waals surface area contributed by atoms with Crippen LogP contribution in [0.2, 0.25) is 0 Å². The fraction of sp³-hybridized carbons (Fsp3) is 0.500. The summed E-state index contributed by atoms with van der Waals surface area (Å²) in [4.78, 5) is 12.0. The molecule has 5 heteroatoms. The van der Waals surface area contributed by atoms with Crippen LogP contribution >= 0.6 is 11.8 Å². The Labute approximate surface area is 114 Å². The number of alkyl halides is 3. The number of carbonyl (C=O) groups is 1. The van der Waals surface area contributed by atoms with E-state index in [9.17, 15) is 18.0 Å². The minimum Gasteiger partial charge on any atom is -0.298 e. The number of halogens is 3. The molecule has 1 aromatic rings. The highest BCUT2D eigenvalue weighted by Gasteiger charge is 2.30. The third-order valence-corrected chi connectivity index (χ3v) is 4.60. The molecule has 0 aliphatic carbocycles. The summed E-state index contributed by atoms with van der Waals surface area (Å²) in [7, 11) is 0. The lowest BCUT2D eigenvalue weighted by Gasteiger charge is -2.20. The van der Waals surface area contributed by atoms with Gasteiger partial charge >= 0.3 is 6.18 Å². The van der Waals surface area contributed by atoms with Crippen LogP contribution in [0.3, 0.4) is 0 Å². The molecule has 2 rings (SSSR count). The third-order valence-electron chi connectivity index (χ3n) is 3.17. The topological polar surface area (TPSA) is 17.1 Å². The largest absolute Gasteiger partial charge is 0.416 e. The molecule has 1 saturated heterocycles. The van der Waals surface area contributed by atoms with Gasteiger partial charge in [-0.15, -0.1) is 0 Å². The molecule has 1 heterocycles. The lowest BCUT2D eigenvalue weighted by Crippen LogP contribution is -2.22. The van der Waals surface area contributed by atoms with Crippen LogP contribution in [0.4, 0.5) is 13.2 Å². The fourth-order valence-corrected chi connectivity index (χ4v) is 3.43. The number of Topliss-reactive ketones (excluding diaryl/α,β-unsaturated/α-hetero) is 1.